The molecule has 166 valence electrons. The summed E-state index contributed by atoms with van der Waals surface area (Å²) in [6.07, 6.45) is 0. The van der Waals surface area contributed by atoms with E-state index in [9.17, 15) is 0 Å². The number of anilines is 2. The average molecular weight is 644 g/mol. The third-order valence-corrected chi connectivity index (χ3v) is 8.32. The van der Waals surface area contributed by atoms with Crippen LogP contribution in [0.15, 0.2) is 69.6 Å². The van der Waals surface area contributed by atoms with Crippen LogP contribution in [0, 0.1) is 0 Å². The predicted molar refractivity (Wildman–Crippen MR) is 148 cm³/mol. The fraction of sp³-hybridized carbons (Fsp3) is 0.0400. The molecular weight excluding hydrogens is 630 g/mol. The molecule has 1 aliphatic rings. The Balaban J connectivity index is 2.03. The summed E-state index contributed by atoms with van der Waals surface area (Å²) in [6, 6.07) is 19.8. The SMILES string of the molecule is Nc1c(Cl)cc(C2(c3cc(Cl)c(N)c(Cl)c3)c3cc(Br)ccc3-c3ccc(Br)cc32)cc1Cl. The third-order valence-electron chi connectivity index (χ3n) is 6.09. The minimum absolute atomic E-state index is 0.326. The molecule has 0 fully saturated rings. The van der Waals surface area contributed by atoms with Gasteiger partial charge in [-0.15, -0.1) is 0 Å². The lowest BCUT2D eigenvalue weighted by molar-refractivity contribution is 0.768. The second-order valence-electron chi connectivity index (χ2n) is 7.84. The van der Waals surface area contributed by atoms with E-state index in [1.54, 1.807) is 0 Å². The highest BCUT2D eigenvalue weighted by Gasteiger charge is 2.47. The molecule has 0 amide bonds. The summed E-state index contributed by atoms with van der Waals surface area (Å²) in [5.41, 5.74) is 17.9. The molecule has 5 rings (SSSR count). The Morgan fingerprint density at radius 3 is 1.21 bits per heavy atom. The van der Waals surface area contributed by atoms with E-state index in [-0.39, 0.29) is 0 Å². The molecule has 0 heterocycles. The van der Waals surface area contributed by atoms with Crippen molar-refractivity contribution in [3.63, 3.8) is 0 Å². The Kier molecular flexibility index (Phi) is 5.92. The van der Waals surface area contributed by atoms with Crippen LogP contribution in [-0.2, 0) is 5.41 Å². The van der Waals surface area contributed by atoms with Gasteiger partial charge in [0.2, 0.25) is 0 Å². The zero-order valence-corrected chi connectivity index (χ0v) is 22.9. The van der Waals surface area contributed by atoms with E-state index in [4.69, 9.17) is 57.9 Å². The fourth-order valence-corrected chi connectivity index (χ4v) is 6.35. The topological polar surface area (TPSA) is 52.0 Å². The Labute approximate surface area is 228 Å². The van der Waals surface area contributed by atoms with Gasteiger partial charge in [-0.2, -0.15) is 0 Å². The molecule has 4 aromatic rings. The average Bonchev–Trinajstić information content (AvgIpc) is 3.04. The summed E-state index contributed by atoms with van der Waals surface area (Å²) in [7, 11) is 0. The Bertz CT molecular complexity index is 1310. The largest absolute Gasteiger partial charge is 0.396 e. The number of nitrogens with two attached hydrogens (primary N) is 2. The number of nitrogen functional groups attached to an aromatic ring is 2. The van der Waals surface area contributed by atoms with Gasteiger partial charge in [0.1, 0.15) is 0 Å². The van der Waals surface area contributed by atoms with E-state index in [0.717, 1.165) is 42.3 Å². The Hall–Kier alpha value is -1.40. The summed E-state index contributed by atoms with van der Waals surface area (Å²) in [5, 5.41) is 1.46. The molecule has 0 atom stereocenters. The Morgan fingerprint density at radius 2 is 0.879 bits per heavy atom. The number of fused-ring (bicyclic) bond motifs is 3. The van der Waals surface area contributed by atoms with Gasteiger partial charge in [-0.25, -0.2) is 0 Å². The lowest BCUT2D eigenvalue weighted by Crippen LogP contribution is -2.29. The highest BCUT2D eigenvalue weighted by atomic mass is 79.9. The third kappa shape index (κ3) is 3.50. The minimum Gasteiger partial charge on any atom is -0.396 e. The molecule has 4 aromatic carbocycles. The standard InChI is InChI=1S/C25H14Br2Cl4N2/c26-13-1-3-15-16-4-2-14(27)10-18(16)25(17(15)9-13,11-5-19(28)23(32)20(29)6-11)12-7-21(30)24(33)22(31)8-12/h1-10H,32-33H2. The molecule has 0 unspecified atom stereocenters. The van der Waals surface area contributed by atoms with Gasteiger partial charge in [-0.05, 0) is 81.9 Å². The molecule has 0 bridgehead atoms. The van der Waals surface area contributed by atoms with Crippen LogP contribution in [0.1, 0.15) is 22.3 Å². The zero-order chi connectivity index (χ0) is 23.7. The first-order chi connectivity index (χ1) is 15.6. The summed E-state index contributed by atoms with van der Waals surface area (Å²) < 4.78 is 1.86. The molecule has 0 radical (unpaired) electrons. The van der Waals surface area contributed by atoms with E-state index < -0.39 is 5.41 Å². The summed E-state index contributed by atoms with van der Waals surface area (Å²) in [5.74, 6) is 0. The van der Waals surface area contributed by atoms with E-state index in [2.05, 4.69) is 56.1 Å². The molecule has 33 heavy (non-hydrogen) atoms. The van der Waals surface area contributed by atoms with Gasteiger partial charge in [-0.3, -0.25) is 0 Å². The first-order valence-corrected chi connectivity index (χ1v) is 12.8. The smallest absolute Gasteiger partial charge is 0.0716 e. The first-order valence-electron chi connectivity index (χ1n) is 9.75. The van der Waals surface area contributed by atoms with Crippen LogP contribution in [0.25, 0.3) is 11.1 Å². The van der Waals surface area contributed by atoms with Crippen molar-refractivity contribution < 1.29 is 0 Å². The quantitative estimate of drug-likeness (QED) is 0.188. The maximum absolute atomic E-state index is 6.55. The van der Waals surface area contributed by atoms with Crippen molar-refractivity contribution in [2.45, 2.75) is 5.41 Å². The molecule has 0 spiro atoms. The molecule has 0 aromatic heterocycles. The van der Waals surface area contributed by atoms with Crippen molar-refractivity contribution in [2.24, 2.45) is 0 Å². The van der Waals surface area contributed by atoms with Crippen molar-refractivity contribution >= 4 is 89.6 Å². The van der Waals surface area contributed by atoms with Crippen molar-refractivity contribution in [3.05, 3.63) is 112 Å². The fourth-order valence-electron chi connectivity index (χ4n) is 4.66. The van der Waals surface area contributed by atoms with Crippen molar-refractivity contribution in [1.82, 2.24) is 0 Å². The number of halogens is 6. The maximum Gasteiger partial charge on any atom is 0.0716 e. The molecule has 4 N–H and O–H groups in total. The lowest BCUT2D eigenvalue weighted by atomic mass is 9.67. The zero-order valence-electron chi connectivity index (χ0n) is 16.7. The first kappa shape index (κ1) is 23.3. The van der Waals surface area contributed by atoms with E-state index >= 15 is 0 Å². The van der Waals surface area contributed by atoms with Gasteiger partial charge in [-0.1, -0.05) is 90.4 Å². The van der Waals surface area contributed by atoms with E-state index in [1.165, 1.54) is 0 Å². The van der Waals surface area contributed by atoms with Crippen LogP contribution in [0.5, 0.6) is 0 Å². The van der Waals surface area contributed by atoms with Crippen LogP contribution in [0.2, 0.25) is 20.1 Å². The molecule has 0 saturated heterocycles. The van der Waals surface area contributed by atoms with Gasteiger partial charge in [0.05, 0.1) is 36.9 Å². The second-order valence-corrected chi connectivity index (χ2v) is 11.3. The highest BCUT2D eigenvalue weighted by Crippen LogP contribution is 2.58. The second kappa shape index (κ2) is 8.37. The minimum atomic E-state index is -0.833. The number of benzene rings is 4. The predicted octanol–water partition coefficient (Wildman–Crippen LogP) is 9.35. The molecular formula is C25H14Br2Cl4N2. The number of hydrogen-bond acceptors (Lipinski definition) is 2. The number of rotatable bonds is 2. The van der Waals surface area contributed by atoms with Crippen molar-refractivity contribution in [3.8, 4) is 11.1 Å². The van der Waals surface area contributed by atoms with Crippen LogP contribution in [0.4, 0.5) is 11.4 Å². The summed E-state index contributed by atoms with van der Waals surface area (Å²) >= 11 is 33.5. The molecule has 0 aliphatic heterocycles. The van der Waals surface area contributed by atoms with Crippen molar-refractivity contribution in [1.29, 1.82) is 0 Å². The van der Waals surface area contributed by atoms with E-state index in [1.807, 2.05) is 36.4 Å². The monoisotopic (exact) mass is 640 g/mol. The lowest BCUT2D eigenvalue weighted by Gasteiger charge is -2.35. The van der Waals surface area contributed by atoms with Gasteiger partial charge in [0.25, 0.3) is 0 Å². The van der Waals surface area contributed by atoms with Gasteiger partial charge in [0.15, 0.2) is 0 Å². The van der Waals surface area contributed by atoms with Gasteiger partial charge >= 0.3 is 0 Å². The van der Waals surface area contributed by atoms with Crippen LogP contribution in [-0.4, -0.2) is 0 Å². The van der Waals surface area contributed by atoms with Crippen LogP contribution in [0.3, 0.4) is 0 Å². The molecule has 8 heteroatoms. The molecule has 0 saturated carbocycles. The van der Waals surface area contributed by atoms with E-state index in [0.29, 0.717) is 31.5 Å². The normalized spacial score (nSPS) is 13.6. The molecule has 1 aliphatic carbocycles. The van der Waals surface area contributed by atoms with Gasteiger partial charge in [0, 0.05) is 8.95 Å². The Morgan fingerprint density at radius 1 is 0.545 bits per heavy atom. The highest BCUT2D eigenvalue weighted by molar-refractivity contribution is 9.10. The maximum atomic E-state index is 6.55. The number of hydrogen-bond donors (Lipinski definition) is 2. The molecule has 2 nitrogen and oxygen atoms in total. The van der Waals surface area contributed by atoms with Crippen LogP contribution < -0.4 is 11.5 Å². The van der Waals surface area contributed by atoms with Crippen LogP contribution >= 0.6 is 78.3 Å². The van der Waals surface area contributed by atoms with Gasteiger partial charge < -0.3 is 11.5 Å². The van der Waals surface area contributed by atoms with Crippen molar-refractivity contribution in [2.75, 3.05) is 11.5 Å². The summed E-state index contributed by atoms with van der Waals surface area (Å²) in [6.45, 7) is 0. The summed E-state index contributed by atoms with van der Waals surface area (Å²) in [4.78, 5) is 0.